The summed E-state index contributed by atoms with van der Waals surface area (Å²) >= 11 is 2.04. The molecule has 6 heteroatoms. The summed E-state index contributed by atoms with van der Waals surface area (Å²) in [5.74, 6) is 0. The van der Waals surface area contributed by atoms with E-state index in [0.717, 1.165) is 38.2 Å². The maximum absolute atomic E-state index is 10.9. The summed E-state index contributed by atoms with van der Waals surface area (Å²) < 4.78 is 0.697. The standard InChI is InChI=1S/C14H20IN3O2/c1-3-17-8-6-11(7-9-17)16(2)12-4-5-14(18(19)20)13(15)10-12/h4-5,10-11H,3,6-9H2,1-2H3. The van der Waals surface area contributed by atoms with E-state index in [1.165, 1.54) is 0 Å². The molecule has 0 aliphatic carbocycles. The maximum Gasteiger partial charge on any atom is 0.282 e. The highest BCUT2D eigenvalue weighted by atomic mass is 127. The molecule has 1 aliphatic rings. The average molecular weight is 389 g/mol. The van der Waals surface area contributed by atoms with Crippen LogP contribution in [0, 0.1) is 13.7 Å². The fourth-order valence-electron chi connectivity index (χ4n) is 2.70. The van der Waals surface area contributed by atoms with Crippen LogP contribution in [0.25, 0.3) is 0 Å². The summed E-state index contributed by atoms with van der Waals surface area (Å²) in [6.07, 6.45) is 2.30. The van der Waals surface area contributed by atoms with Gasteiger partial charge in [0.15, 0.2) is 0 Å². The highest BCUT2D eigenvalue weighted by Gasteiger charge is 2.23. The quantitative estimate of drug-likeness (QED) is 0.451. The zero-order valence-corrected chi connectivity index (χ0v) is 14.0. The van der Waals surface area contributed by atoms with Gasteiger partial charge in [0.05, 0.1) is 8.49 Å². The minimum Gasteiger partial charge on any atom is -0.371 e. The van der Waals surface area contributed by atoms with Crippen molar-refractivity contribution in [2.75, 3.05) is 31.6 Å². The Balaban J connectivity index is 2.08. The topological polar surface area (TPSA) is 49.6 Å². The Morgan fingerprint density at radius 3 is 2.60 bits per heavy atom. The maximum atomic E-state index is 10.9. The van der Waals surface area contributed by atoms with E-state index in [1.54, 1.807) is 6.07 Å². The van der Waals surface area contributed by atoms with E-state index in [1.807, 2.05) is 34.7 Å². The van der Waals surface area contributed by atoms with Crippen LogP contribution in [-0.4, -0.2) is 42.5 Å². The molecule has 110 valence electrons. The number of halogens is 1. The fraction of sp³-hybridized carbons (Fsp3) is 0.571. The Morgan fingerprint density at radius 1 is 1.45 bits per heavy atom. The third kappa shape index (κ3) is 3.41. The molecule has 0 unspecified atom stereocenters. The second kappa shape index (κ2) is 6.71. The molecule has 0 spiro atoms. The number of hydrogen-bond acceptors (Lipinski definition) is 4. The Kier molecular flexibility index (Phi) is 5.20. The number of nitro groups is 1. The Morgan fingerprint density at radius 2 is 2.10 bits per heavy atom. The summed E-state index contributed by atoms with van der Waals surface area (Å²) in [5, 5.41) is 10.9. The van der Waals surface area contributed by atoms with Crippen LogP contribution in [0.15, 0.2) is 18.2 Å². The van der Waals surface area contributed by atoms with Crippen LogP contribution in [-0.2, 0) is 0 Å². The SMILES string of the molecule is CCN1CCC(N(C)c2ccc([N+](=O)[O-])c(I)c2)CC1. The molecule has 1 aromatic rings. The minimum atomic E-state index is -0.328. The number of anilines is 1. The molecule has 1 aromatic carbocycles. The third-order valence-electron chi connectivity index (χ3n) is 4.09. The van der Waals surface area contributed by atoms with Crippen molar-refractivity contribution in [3.8, 4) is 0 Å². The van der Waals surface area contributed by atoms with E-state index in [0.29, 0.717) is 9.61 Å². The van der Waals surface area contributed by atoms with Crippen molar-refractivity contribution in [2.45, 2.75) is 25.8 Å². The van der Waals surface area contributed by atoms with Crippen LogP contribution in [0.1, 0.15) is 19.8 Å². The van der Waals surface area contributed by atoms with Crippen LogP contribution in [0.5, 0.6) is 0 Å². The molecule has 0 radical (unpaired) electrons. The molecular weight excluding hydrogens is 369 g/mol. The first kappa shape index (κ1) is 15.5. The summed E-state index contributed by atoms with van der Waals surface area (Å²) in [6, 6.07) is 5.89. The van der Waals surface area contributed by atoms with Crippen LogP contribution in [0.4, 0.5) is 11.4 Å². The van der Waals surface area contributed by atoms with Gasteiger partial charge in [-0.1, -0.05) is 6.92 Å². The molecule has 20 heavy (non-hydrogen) atoms. The van der Waals surface area contributed by atoms with Crippen LogP contribution < -0.4 is 4.90 Å². The van der Waals surface area contributed by atoms with Crippen LogP contribution >= 0.6 is 22.6 Å². The molecule has 0 atom stereocenters. The van der Waals surface area contributed by atoms with Gasteiger partial charge in [0.2, 0.25) is 0 Å². The van der Waals surface area contributed by atoms with Gasteiger partial charge in [0, 0.05) is 37.9 Å². The molecule has 0 amide bonds. The lowest BCUT2D eigenvalue weighted by molar-refractivity contribution is -0.385. The van der Waals surface area contributed by atoms with Crippen molar-refractivity contribution >= 4 is 34.0 Å². The molecule has 1 saturated heterocycles. The lowest BCUT2D eigenvalue weighted by atomic mass is 10.0. The second-order valence-corrected chi connectivity index (χ2v) is 6.33. The molecule has 0 saturated carbocycles. The first-order chi connectivity index (χ1) is 9.52. The van der Waals surface area contributed by atoms with Crippen molar-refractivity contribution in [3.05, 3.63) is 31.9 Å². The minimum absolute atomic E-state index is 0.184. The van der Waals surface area contributed by atoms with Crippen molar-refractivity contribution in [1.29, 1.82) is 0 Å². The Hall–Kier alpha value is -0.890. The molecule has 5 nitrogen and oxygen atoms in total. The van der Waals surface area contributed by atoms with Gasteiger partial charge in [0.25, 0.3) is 5.69 Å². The number of nitro benzene ring substituents is 1. The Labute approximate surface area is 133 Å². The summed E-state index contributed by atoms with van der Waals surface area (Å²) in [4.78, 5) is 15.3. The molecule has 0 bridgehead atoms. The smallest absolute Gasteiger partial charge is 0.282 e. The monoisotopic (exact) mass is 389 g/mol. The highest BCUT2D eigenvalue weighted by Crippen LogP contribution is 2.28. The van der Waals surface area contributed by atoms with Gasteiger partial charge in [-0.2, -0.15) is 0 Å². The Bertz CT molecular complexity index is 487. The number of likely N-dealkylation sites (tertiary alicyclic amines) is 1. The van der Waals surface area contributed by atoms with Gasteiger partial charge in [-0.3, -0.25) is 10.1 Å². The molecule has 1 aliphatic heterocycles. The number of hydrogen-bond donors (Lipinski definition) is 0. The molecule has 0 N–H and O–H groups in total. The van der Waals surface area contributed by atoms with E-state index < -0.39 is 0 Å². The fourth-order valence-corrected chi connectivity index (χ4v) is 3.39. The van der Waals surface area contributed by atoms with Gasteiger partial charge in [0.1, 0.15) is 0 Å². The van der Waals surface area contributed by atoms with E-state index in [-0.39, 0.29) is 10.6 Å². The molecule has 1 heterocycles. The lowest BCUT2D eigenvalue weighted by Crippen LogP contribution is -2.43. The zero-order chi connectivity index (χ0) is 14.7. The van der Waals surface area contributed by atoms with Gasteiger partial charge in [-0.25, -0.2) is 0 Å². The summed E-state index contributed by atoms with van der Waals surface area (Å²) in [5.41, 5.74) is 1.25. The van der Waals surface area contributed by atoms with Crippen LogP contribution in [0.2, 0.25) is 0 Å². The first-order valence-electron chi connectivity index (χ1n) is 6.92. The van der Waals surface area contributed by atoms with Gasteiger partial charge >= 0.3 is 0 Å². The number of piperidine rings is 1. The summed E-state index contributed by atoms with van der Waals surface area (Å²) in [7, 11) is 2.09. The average Bonchev–Trinajstić information content (AvgIpc) is 2.46. The summed E-state index contributed by atoms with van der Waals surface area (Å²) in [6.45, 7) is 5.58. The number of benzene rings is 1. The predicted molar refractivity (Wildman–Crippen MR) is 89.4 cm³/mol. The predicted octanol–water partition coefficient (Wildman–Crippen LogP) is 3.12. The second-order valence-electron chi connectivity index (χ2n) is 5.17. The lowest BCUT2D eigenvalue weighted by Gasteiger charge is -2.37. The van der Waals surface area contributed by atoms with Gasteiger partial charge in [-0.05, 0) is 54.1 Å². The van der Waals surface area contributed by atoms with E-state index in [2.05, 4.69) is 23.8 Å². The normalized spacial score (nSPS) is 17.1. The first-order valence-corrected chi connectivity index (χ1v) is 8.00. The van der Waals surface area contributed by atoms with Gasteiger partial charge in [-0.15, -0.1) is 0 Å². The van der Waals surface area contributed by atoms with Crippen molar-refractivity contribution in [1.82, 2.24) is 4.90 Å². The zero-order valence-electron chi connectivity index (χ0n) is 11.9. The van der Waals surface area contributed by atoms with E-state index in [4.69, 9.17) is 0 Å². The molecular formula is C14H20IN3O2. The van der Waals surface area contributed by atoms with Crippen LogP contribution in [0.3, 0.4) is 0 Å². The molecule has 2 rings (SSSR count). The van der Waals surface area contributed by atoms with E-state index in [9.17, 15) is 10.1 Å². The molecule has 0 aromatic heterocycles. The van der Waals surface area contributed by atoms with Crippen molar-refractivity contribution in [3.63, 3.8) is 0 Å². The number of nitrogens with zero attached hydrogens (tertiary/aromatic N) is 3. The van der Waals surface area contributed by atoms with Gasteiger partial charge < -0.3 is 9.80 Å². The van der Waals surface area contributed by atoms with Crippen molar-refractivity contribution < 1.29 is 4.92 Å². The highest BCUT2D eigenvalue weighted by molar-refractivity contribution is 14.1. The molecule has 1 fully saturated rings. The largest absolute Gasteiger partial charge is 0.371 e. The van der Waals surface area contributed by atoms with E-state index >= 15 is 0 Å². The van der Waals surface area contributed by atoms with Crippen molar-refractivity contribution in [2.24, 2.45) is 0 Å². The third-order valence-corrected chi connectivity index (χ3v) is 4.95. The number of rotatable bonds is 4.